The van der Waals surface area contributed by atoms with Crippen molar-refractivity contribution in [3.05, 3.63) is 71.5 Å². The quantitative estimate of drug-likeness (QED) is 0.130. The fraction of sp³-hybridized carbons (Fsp3) is 0.523. The molecule has 4 fully saturated rings. The number of piperidine rings is 4. The van der Waals surface area contributed by atoms with Crippen LogP contribution < -0.4 is 31.5 Å². The van der Waals surface area contributed by atoms with Gasteiger partial charge in [-0.1, -0.05) is 12.1 Å². The summed E-state index contributed by atoms with van der Waals surface area (Å²) in [6, 6.07) is 15.6. The topological polar surface area (TPSA) is 189 Å². The lowest BCUT2D eigenvalue weighted by Gasteiger charge is -2.38. The minimum absolute atomic E-state index is 0.105. The zero-order valence-corrected chi connectivity index (χ0v) is 34.9. The van der Waals surface area contributed by atoms with E-state index in [4.69, 9.17) is 10.7 Å². The maximum Gasteiger partial charge on any atom is 0.271 e. The molecule has 0 saturated carbocycles. The number of imide groups is 1. The van der Waals surface area contributed by atoms with Crippen LogP contribution in [0, 0.1) is 5.92 Å². The van der Waals surface area contributed by atoms with Crippen molar-refractivity contribution in [2.24, 2.45) is 11.7 Å². The number of hydrogen-bond acceptors (Lipinski definition) is 12. The molecule has 0 radical (unpaired) electrons. The Balaban J connectivity index is 0.855. The molecule has 5 N–H and O–H groups in total. The molecule has 1 aromatic heterocycles. The Morgan fingerprint density at radius 3 is 2.32 bits per heavy atom. The van der Waals surface area contributed by atoms with Gasteiger partial charge in [0.25, 0.3) is 11.8 Å². The fourth-order valence-electron chi connectivity index (χ4n) is 8.93. The number of anilines is 4. The van der Waals surface area contributed by atoms with Gasteiger partial charge in [0.2, 0.25) is 18.2 Å². The summed E-state index contributed by atoms with van der Waals surface area (Å²) in [6.07, 6.45) is 9.52. The smallest absolute Gasteiger partial charge is 0.271 e. The molecule has 2 atom stereocenters. The number of primary amides is 1. The minimum atomic E-state index is -0.691. The summed E-state index contributed by atoms with van der Waals surface area (Å²) in [5.74, 6) is 0.469. The number of nitrogens with two attached hydrogens (primary N) is 1. The van der Waals surface area contributed by atoms with E-state index in [1.165, 1.54) is 5.56 Å². The van der Waals surface area contributed by atoms with Gasteiger partial charge in [-0.3, -0.25) is 34.2 Å². The Hall–Kier alpha value is -5.61. The third-order valence-electron chi connectivity index (χ3n) is 12.7. The third-order valence-corrected chi connectivity index (χ3v) is 12.7. The maximum atomic E-state index is 12.7. The summed E-state index contributed by atoms with van der Waals surface area (Å²) in [7, 11) is 3.88. The first-order chi connectivity index (χ1) is 29.0. The van der Waals surface area contributed by atoms with Crippen molar-refractivity contribution in [2.45, 2.75) is 69.4 Å². The highest BCUT2D eigenvalue weighted by atomic mass is 16.2. The van der Waals surface area contributed by atoms with Crippen LogP contribution in [0.2, 0.25) is 0 Å². The predicted molar refractivity (Wildman–Crippen MR) is 230 cm³/mol. The van der Waals surface area contributed by atoms with Gasteiger partial charge in [-0.25, -0.2) is 9.97 Å². The number of hydrogen-bond donors (Lipinski definition) is 4. The van der Waals surface area contributed by atoms with Gasteiger partial charge in [0.1, 0.15) is 11.9 Å². The van der Waals surface area contributed by atoms with E-state index in [0.29, 0.717) is 48.0 Å². The van der Waals surface area contributed by atoms with Crippen LogP contribution in [-0.4, -0.2) is 140 Å². The summed E-state index contributed by atoms with van der Waals surface area (Å²) >= 11 is 0. The first-order valence-corrected chi connectivity index (χ1v) is 21.4. The van der Waals surface area contributed by atoms with E-state index in [1.807, 2.05) is 24.3 Å². The predicted octanol–water partition coefficient (Wildman–Crippen LogP) is 2.94. The largest absolute Gasteiger partial charge is 0.372 e. The molecule has 2 aromatic carbocycles. The van der Waals surface area contributed by atoms with E-state index in [2.05, 4.69) is 59.7 Å². The van der Waals surface area contributed by atoms with Crippen LogP contribution in [0.5, 0.6) is 0 Å². The Bertz CT molecular complexity index is 1980. The molecule has 16 heteroatoms. The van der Waals surface area contributed by atoms with Crippen LogP contribution in [0.4, 0.5) is 23.0 Å². The monoisotopic (exact) mass is 821 g/mol. The highest BCUT2D eigenvalue weighted by molar-refractivity contribution is 6.03. The van der Waals surface area contributed by atoms with Crippen molar-refractivity contribution < 1.29 is 24.0 Å². The molecule has 5 amide bonds. The highest BCUT2D eigenvalue weighted by Crippen LogP contribution is 2.32. The standard InChI is InChI=1S/C44H59N11O5/c1-51(29-56)24-25-52(2)36-4-3-19-55(28-36)38-26-46-40(41(45)58)42(49-38)47-34-9-5-31(6-10-34)32-17-20-53(21-18-32)27-30-15-22-54(23-16-30)35-11-7-33(8-12-35)43(59)48-37-13-14-39(57)50-44(37)60/h5-12,26,29-30,32,36-37H,3-4,13-25,27-28H2,1-2H3,(H2,45,58)(H,47,49)(H,48,59)(H,50,57,60). The highest BCUT2D eigenvalue weighted by Gasteiger charge is 2.30. The minimum Gasteiger partial charge on any atom is -0.372 e. The second-order valence-electron chi connectivity index (χ2n) is 16.9. The number of nitrogens with zero attached hydrogens (tertiary/aromatic N) is 7. The average Bonchev–Trinajstić information content (AvgIpc) is 3.27. The SMILES string of the molecule is CN(C=O)CCN(C)C1CCCN(c2cnc(C(N)=O)c(Nc3ccc(C4CCN(CC5CCN(c6ccc(C(=O)NC7CCC(=O)NC7=O)cc6)CC5)CC4)cc3)n2)C1. The molecule has 0 spiro atoms. The fourth-order valence-corrected chi connectivity index (χ4v) is 8.93. The summed E-state index contributed by atoms with van der Waals surface area (Å²) in [4.78, 5) is 80.0. The van der Waals surface area contributed by atoms with Gasteiger partial charge in [-0.2, -0.15) is 0 Å². The molecule has 4 saturated heterocycles. The van der Waals surface area contributed by atoms with Gasteiger partial charge in [0, 0.05) is 82.3 Å². The number of nitrogens with one attached hydrogen (secondary N) is 3. The molecule has 4 aliphatic heterocycles. The molecule has 5 heterocycles. The zero-order valence-electron chi connectivity index (χ0n) is 34.9. The van der Waals surface area contributed by atoms with Gasteiger partial charge in [0.05, 0.1) is 6.20 Å². The van der Waals surface area contributed by atoms with Gasteiger partial charge >= 0.3 is 0 Å². The van der Waals surface area contributed by atoms with Crippen LogP contribution in [0.15, 0.2) is 54.7 Å². The van der Waals surface area contributed by atoms with Crippen molar-refractivity contribution in [1.29, 1.82) is 0 Å². The lowest BCUT2D eigenvalue weighted by molar-refractivity contribution is -0.134. The molecule has 7 rings (SSSR count). The molecule has 4 aliphatic rings. The van der Waals surface area contributed by atoms with Crippen molar-refractivity contribution >= 4 is 53.0 Å². The van der Waals surface area contributed by atoms with E-state index >= 15 is 0 Å². The van der Waals surface area contributed by atoms with Crippen molar-refractivity contribution in [2.75, 3.05) is 88.1 Å². The Morgan fingerprint density at radius 2 is 1.63 bits per heavy atom. The normalized spacial score (nSPS) is 20.8. The van der Waals surface area contributed by atoms with Crippen LogP contribution in [0.1, 0.15) is 83.7 Å². The first-order valence-electron chi connectivity index (χ1n) is 21.4. The average molecular weight is 822 g/mol. The number of carbonyl (C=O) groups is 5. The maximum absolute atomic E-state index is 12.7. The molecule has 3 aromatic rings. The van der Waals surface area contributed by atoms with Crippen LogP contribution in [0.25, 0.3) is 0 Å². The lowest BCUT2D eigenvalue weighted by atomic mass is 9.88. The molecular formula is C44H59N11O5. The second-order valence-corrected chi connectivity index (χ2v) is 16.9. The van der Waals surface area contributed by atoms with Gasteiger partial charge < -0.3 is 36.0 Å². The number of benzene rings is 2. The van der Waals surface area contributed by atoms with Gasteiger partial charge in [0.15, 0.2) is 11.5 Å². The Morgan fingerprint density at radius 1 is 0.900 bits per heavy atom. The molecule has 2 unspecified atom stereocenters. The first kappa shape index (κ1) is 42.5. The lowest BCUT2D eigenvalue weighted by Crippen LogP contribution is -2.52. The van der Waals surface area contributed by atoms with Crippen molar-refractivity contribution in [1.82, 2.24) is 35.3 Å². The number of likely N-dealkylation sites (N-methyl/N-ethyl adjacent to an activating group) is 2. The van der Waals surface area contributed by atoms with E-state index in [1.54, 1.807) is 30.3 Å². The van der Waals surface area contributed by atoms with Crippen LogP contribution >= 0.6 is 0 Å². The third kappa shape index (κ3) is 10.8. The molecule has 60 heavy (non-hydrogen) atoms. The van der Waals surface area contributed by atoms with Crippen molar-refractivity contribution in [3.8, 4) is 0 Å². The number of likely N-dealkylation sites (tertiary alicyclic amines) is 1. The molecule has 0 bridgehead atoms. The Kier molecular flexibility index (Phi) is 13.9. The van der Waals surface area contributed by atoms with Crippen molar-refractivity contribution in [3.63, 3.8) is 0 Å². The van der Waals surface area contributed by atoms with Crippen LogP contribution in [-0.2, 0) is 14.4 Å². The van der Waals surface area contributed by atoms with Gasteiger partial charge in [-0.05, 0) is 119 Å². The summed E-state index contributed by atoms with van der Waals surface area (Å²) in [5.41, 5.74) is 9.55. The number of amides is 5. The zero-order chi connectivity index (χ0) is 42.2. The molecular weight excluding hydrogens is 763 g/mol. The number of aromatic nitrogens is 2. The summed E-state index contributed by atoms with van der Waals surface area (Å²) in [6.45, 7) is 8.26. The van der Waals surface area contributed by atoms with Crippen LogP contribution in [0.3, 0.4) is 0 Å². The van der Waals surface area contributed by atoms with E-state index in [-0.39, 0.29) is 23.9 Å². The van der Waals surface area contributed by atoms with E-state index in [9.17, 15) is 24.0 Å². The molecule has 16 nitrogen and oxygen atoms in total. The summed E-state index contributed by atoms with van der Waals surface area (Å²) < 4.78 is 0. The number of rotatable bonds is 15. The second kappa shape index (κ2) is 19.6. The molecule has 320 valence electrons. The van der Waals surface area contributed by atoms with Gasteiger partial charge in [-0.15, -0.1) is 0 Å². The molecule has 0 aliphatic carbocycles. The Labute approximate surface area is 352 Å². The van der Waals surface area contributed by atoms with E-state index < -0.39 is 17.9 Å². The summed E-state index contributed by atoms with van der Waals surface area (Å²) in [5, 5.41) is 8.35. The van der Waals surface area contributed by atoms with E-state index in [0.717, 1.165) is 109 Å². The number of carbonyl (C=O) groups excluding carboxylic acids is 5.